The number of benzene rings is 1. The molecule has 102 valence electrons. The van der Waals surface area contributed by atoms with E-state index in [9.17, 15) is 0 Å². The predicted molar refractivity (Wildman–Crippen MR) is 81.8 cm³/mol. The predicted octanol–water partition coefficient (Wildman–Crippen LogP) is 3.36. The van der Waals surface area contributed by atoms with Gasteiger partial charge in [-0.05, 0) is 36.8 Å². The summed E-state index contributed by atoms with van der Waals surface area (Å²) in [6.45, 7) is 5.42. The minimum absolute atomic E-state index is 0.530. The maximum Gasteiger partial charge on any atom is 0.122 e. The highest BCUT2D eigenvalue weighted by molar-refractivity contribution is 7.99. The summed E-state index contributed by atoms with van der Waals surface area (Å²) in [6, 6.07) is 8.84. The SMILES string of the molecule is CCCSCC(Cc1ccccc1OC)NCC. The lowest BCUT2D eigenvalue weighted by Gasteiger charge is -2.19. The molecule has 1 aromatic carbocycles. The average Bonchev–Trinajstić information content (AvgIpc) is 2.40. The van der Waals surface area contributed by atoms with E-state index in [0.717, 1.165) is 18.7 Å². The van der Waals surface area contributed by atoms with Crippen molar-refractivity contribution in [1.29, 1.82) is 0 Å². The van der Waals surface area contributed by atoms with E-state index in [1.165, 1.54) is 23.5 Å². The molecule has 0 fully saturated rings. The lowest BCUT2D eigenvalue weighted by Crippen LogP contribution is -2.33. The summed E-state index contributed by atoms with van der Waals surface area (Å²) in [4.78, 5) is 0. The maximum atomic E-state index is 5.42. The Bertz CT molecular complexity index is 330. The van der Waals surface area contributed by atoms with Crippen molar-refractivity contribution >= 4 is 11.8 Å². The van der Waals surface area contributed by atoms with Gasteiger partial charge in [-0.25, -0.2) is 0 Å². The first-order valence-corrected chi connectivity index (χ1v) is 7.90. The third-order valence-corrected chi connectivity index (χ3v) is 4.15. The van der Waals surface area contributed by atoms with Gasteiger partial charge in [-0.1, -0.05) is 32.0 Å². The molecular weight excluding hydrogens is 242 g/mol. The van der Waals surface area contributed by atoms with Crippen LogP contribution in [-0.4, -0.2) is 31.2 Å². The van der Waals surface area contributed by atoms with Gasteiger partial charge in [0.15, 0.2) is 0 Å². The minimum Gasteiger partial charge on any atom is -0.496 e. The second-order valence-electron chi connectivity index (χ2n) is 4.35. The average molecular weight is 267 g/mol. The Morgan fingerprint density at radius 1 is 1.28 bits per heavy atom. The van der Waals surface area contributed by atoms with Crippen LogP contribution < -0.4 is 10.1 Å². The molecule has 0 spiro atoms. The highest BCUT2D eigenvalue weighted by atomic mass is 32.2. The molecule has 1 rings (SSSR count). The van der Waals surface area contributed by atoms with E-state index in [-0.39, 0.29) is 0 Å². The lowest BCUT2D eigenvalue weighted by molar-refractivity contribution is 0.406. The number of hydrogen-bond acceptors (Lipinski definition) is 3. The standard InChI is InChI=1S/C15H25NOS/c1-4-10-18-12-14(16-5-2)11-13-8-6-7-9-15(13)17-3/h6-9,14,16H,4-5,10-12H2,1-3H3. The largest absolute Gasteiger partial charge is 0.496 e. The maximum absolute atomic E-state index is 5.42. The van der Waals surface area contributed by atoms with Crippen LogP contribution in [0.2, 0.25) is 0 Å². The first-order chi connectivity index (χ1) is 8.81. The van der Waals surface area contributed by atoms with Crippen LogP contribution in [0.1, 0.15) is 25.8 Å². The van der Waals surface area contributed by atoms with Gasteiger partial charge in [-0.3, -0.25) is 0 Å². The van der Waals surface area contributed by atoms with Crippen LogP contribution in [0, 0.1) is 0 Å². The van der Waals surface area contributed by atoms with E-state index in [1.54, 1.807) is 7.11 Å². The molecule has 2 nitrogen and oxygen atoms in total. The molecule has 0 radical (unpaired) electrons. The van der Waals surface area contributed by atoms with Gasteiger partial charge in [0.25, 0.3) is 0 Å². The number of hydrogen-bond donors (Lipinski definition) is 1. The lowest BCUT2D eigenvalue weighted by atomic mass is 10.1. The Labute approximate surface area is 116 Å². The van der Waals surface area contributed by atoms with Crippen molar-refractivity contribution < 1.29 is 4.74 Å². The molecule has 0 aliphatic heterocycles. The van der Waals surface area contributed by atoms with Crippen LogP contribution in [0.15, 0.2) is 24.3 Å². The van der Waals surface area contributed by atoms with Gasteiger partial charge in [0.2, 0.25) is 0 Å². The number of para-hydroxylation sites is 1. The zero-order valence-corrected chi connectivity index (χ0v) is 12.6. The Balaban J connectivity index is 2.58. The number of nitrogens with one attached hydrogen (secondary N) is 1. The van der Waals surface area contributed by atoms with Gasteiger partial charge in [-0.15, -0.1) is 0 Å². The Morgan fingerprint density at radius 3 is 2.72 bits per heavy atom. The second kappa shape index (κ2) is 9.29. The molecule has 0 saturated carbocycles. The van der Waals surface area contributed by atoms with E-state index in [4.69, 9.17) is 4.74 Å². The van der Waals surface area contributed by atoms with E-state index < -0.39 is 0 Å². The quantitative estimate of drug-likeness (QED) is 0.693. The van der Waals surface area contributed by atoms with Gasteiger partial charge in [0.05, 0.1) is 7.11 Å². The van der Waals surface area contributed by atoms with Gasteiger partial charge in [0, 0.05) is 11.8 Å². The molecule has 1 aromatic rings. The number of ether oxygens (including phenoxy) is 1. The van der Waals surface area contributed by atoms with Gasteiger partial charge >= 0.3 is 0 Å². The molecule has 0 saturated heterocycles. The summed E-state index contributed by atoms with van der Waals surface area (Å²) in [5.74, 6) is 3.41. The fraction of sp³-hybridized carbons (Fsp3) is 0.600. The number of likely N-dealkylation sites (N-methyl/N-ethyl adjacent to an activating group) is 1. The van der Waals surface area contributed by atoms with Crippen molar-refractivity contribution in [3.05, 3.63) is 29.8 Å². The fourth-order valence-corrected chi connectivity index (χ4v) is 2.96. The first-order valence-electron chi connectivity index (χ1n) is 6.74. The first kappa shape index (κ1) is 15.4. The van der Waals surface area contributed by atoms with Crippen LogP contribution in [0.25, 0.3) is 0 Å². The van der Waals surface area contributed by atoms with Crippen molar-refractivity contribution in [3.63, 3.8) is 0 Å². The van der Waals surface area contributed by atoms with E-state index >= 15 is 0 Å². The molecule has 18 heavy (non-hydrogen) atoms. The van der Waals surface area contributed by atoms with Gasteiger partial charge < -0.3 is 10.1 Å². The molecule has 0 aliphatic rings. The topological polar surface area (TPSA) is 21.3 Å². The Morgan fingerprint density at radius 2 is 2.06 bits per heavy atom. The molecule has 0 aliphatic carbocycles. The van der Waals surface area contributed by atoms with Crippen LogP contribution in [0.3, 0.4) is 0 Å². The molecule has 1 N–H and O–H groups in total. The molecule has 0 aromatic heterocycles. The summed E-state index contributed by atoms with van der Waals surface area (Å²) in [5.41, 5.74) is 1.29. The normalized spacial score (nSPS) is 12.4. The summed E-state index contributed by atoms with van der Waals surface area (Å²) in [6.07, 6.45) is 2.28. The van der Waals surface area contributed by atoms with Crippen molar-refractivity contribution in [2.75, 3.05) is 25.2 Å². The highest BCUT2D eigenvalue weighted by Gasteiger charge is 2.11. The summed E-state index contributed by atoms with van der Waals surface area (Å²) < 4.78 is 5.42. The van der Waals surface area contributed by atoms with Crippen molar-refractivity contribution in [2.24, 2.45) is 0 Å². The minimum atomic E-state index is 0.530. The molecular formula is C15H25NOS. The van der Waals surface area contributed by atoms with Gasteiger partial charge in [-0.2, -0.15) is 11.8 Å². The van der Waals surface area contributed by atoms with Crippen molar-refractivity contribution in [1.82, 2.24) is 5.32 Å². The van der Waals surface area contributed by atoms with Crippen LogP contribution >= 0.6 is 11.8 Å². The zero-order valence-electron chi connectivity index (χ0n) is 11.7. The van der Waals surface area contributed by atoms with Crippen molar-refractivity contribution in [3.8, 4) is 5.75 Å². The molecule has 1 unspecified atom stereocenters. The van der Waals surface area contributed by atoms with Crippen LogP contribution in [-0.2, 0) is 6.42 Å². The van der Waals surface area contributed by atoms with Crippen LogP contribution in [0.4, 0.5) is 0 Å². The third kappa shape index (κ3) is 5.32. The number of methoxy groups -OCH3 is 1. The third-order valence-electron chi connectivity index (χ3n) is 2.82. The molecule has 0 heterocycles. The summed E-state index contributed by atoms with van der Waals surface area (Å²) >= 11 is 2.03. The van der Waals surface area contributed by atoms with Gasteiger partial charge in [0.1, 0.15) is 5.75 Å². The zero-order chi connectivity index (χ0) is 13.2. The monoisotopic (exact) mass is 267 g/mol. The van der Waals surface area contributed by atoms with E-state index in [0.29, 0.717) is 6.04 Å². The highest BCUT2D eigenvalue weighted by Crippen LogP contribution is 2.20. The Kier molecular flexibility index (Phi) is 7.94. The summed E-state index contributed by atoms with van der Waals surface area (Å²) in [5, 5.41) is 3.56. The second-order valence-corrected chi connectivity index (χ2v) is 5.50. The number of thioether (sulfide) groups is 1. The smallest absolute Gasteiger partial charge is 0.122 e. The molecule has 1 atom stereocenters. The van der Waals surface area contributed by atoms with Crippen molar-refractivity contribution in [2.45, 2.75) is 32.7 Å². The van der Waals surface area contributed by atoms with Crippen LogP contribution in [0.5, 0.6) is 5.75 Å². The molecule has 0 bridgehead atoms. The summed E-state index contributed by atoms with van der Waals surface area (Å²) in [7, 11) is 1.74. The van der Waals surface area contributed by atoms with E-state index in [2.05, 4.69) is 31.3 Å². The van der Waals surface area contributed by atoms with E-state index in [1.807, 2.05) is 23.9 Å². The fourth-order valence-electron chi connectivity index (χ4n) is 1.99. The number of rotatable bonds is 9. The Hall–Kier alpha value is -0.670. The molecule has 3 heteroatoms. The molecule has 0 amide bonds.